The molecule has 0 saturated heterocycles. The van der Waals surface area contributed by atoms with Crippen LogP contribution in [0.4, 0.5) is 0 Å². The van der Waals surface area contributed by atoms with Crippen molar-refractivity contribution in [2.75, 3.05) is 0 Å². The van der Waals surface area contributed by atoms with Gasteiger partial charge in [-0.25, -0.2) is 0 Å². The molecule has 0 saturated carbocycles. The summed E-state index contributed by atoms with van der Waals surface area (Å²) in [5.41, 5.74) is 12.7. The minimum atomic E-state index is -0.412. The number of allylic oxidation sites excluding steroid dienone is 4. The Labute approximate surface area is 232 Å². The number of hydrogen-bond acceptors (Lipinski definition) is 0. The van der Waals surface area contributed by atoms with Crippen molar-refractivity contribution in [2.24, 2.45) is 0 Å². The van der Waals surface area contributed by atoms with Crippen molar-refractivity contribution in [1.29, 1.82) is 0 Å². The highest BCUT2D eigenvalue weighted by Crippen LogP contribution is 2.57. The first-order valence-electron chi connectivity index (χ1n) is 13.9. The van der Waals surface area contributed by atoms with E-state index in [4.69, 9.17) is 0 Å². The summed E-state index contributed by atoms with van der Waals surface area (Å²) >= 11 is 0. The number of aryl methyl sites for hydroxylation is 1. The van der Waals surface area contributed by atoms with Crippen molar-refractivity contribution < 1.29 is 0 Å². The molecule has 0 amide bonds. The van der Waals surface area contributed by atoms with Crippen LogP contribution in [0.3, 0.4) is 0 Å². The maximum Gasteiger partial charge on any atom is 0.0713 e. The quantitative estimate of drug-likeness (QED) is 0.226. The Morgan fingerprint density at radius 1 is 0.538 bits per heavy atom. The molecule has 0 heteroatoms. The van der Waals surface area contributed by atoms with Crippen molar-refractivity contribution in [3.63, 3.8) is 0 Å². The second kappa shape index (κ2) is 9.10. The van der Waals surface area contributed by atoms with Gasteiger partial charge in [0, 0.05) is 5.41 Å². The fourth-order valence-electron chi connectivity index (χ4n) is 6.71. The van der Waals surface area contributed by atoms with Crippen molar-refractivity contribution >= 4 is 0 Å². The number of fused-ring (bicyclic) bond motifs is 3. The zero-order chi connectivity index (χ0) is 26.5. The summed E-state index contributed by atoms with van der Waals surface area (Å²) in [7, 11) is 0. The number of benzene rings is 5. The van der Waals surface area contributed by atoms with E-state index in [1.807, 2.05) is 0 Å². The first kappa shape index (κ1) is 23.7. The van der Waals surface area contributed by atoms with Gasteiger partial charge < -0.3 is 0 Å². The van der Waals surface area contributed by atoms with E-state index in [0.717, 1.165) is 6.42 Å². The zero-order valence-corrected chi connectivity index (χ0v) is 22.6. The fourth-order valence-corrected chi connectivity index (χ4v) is 6.71. The minimum Gasteiger partial charge on any atom is -0.0834 e. The predicted octanol–water partition coefficient (Wildman–Crippen LogP) is 9.80. The highest BCUT2D eigenvalue weighted by Gasteiger charge is 2.47. The third kappa shape index (κ3) is 3.67. The Kier molecular flexibility index (Phi) is 5.53. The van der Waals surface area contributed by atoms with E-state index in [-0.39, 0.29) is 5.41 Å². The van der Waals surface area contributed by atoms with Gasteiger partial charge in [0.2, 0.25) is 0 Å². The molecule has 0 spiro atoms. The van der Waals surface area contributed by atoms with Crippen LogP contribution in [0.25, 0.3) is 22.3 Å². The largest absolute Gasteiger partial charge is 0.0834 e. The van der Waals surface area contributed by atoms with Crippen LogP contribution in [0.5, 0.6) is 0 Å². The molecule has 0 aromatic heterocycles. The molecule has 188 valence electrons. The van der Waals surface area contributed by atoms with Crippen LogP contribution in [0.1, 0.15) is 46.7 Å². The van der Waals surface area contributed by atoms with Gasteiger partial charge in [-0.3, -0.25) is 0 Å². The van der Waals surface area contributed by atoms with E-state index < -0.39 is 5.41 Å². The molecule has 2 atom stereocenters. The lowest BCUT2D eigenvalue weighted by molar-refractivity contribution is 0.597. The van der Waals surface area contributed by atoms with Crippen molar-refractivity contribution in [1.82, 2.24) is 0 Å². The van der Waals surface area contributed by atoms with Gasteiger partial charge >= 0.3 is 0 Å². The van der Waals surface area contributed by atoms with E-state index >= 15 is 0 Å². The maximum absolute atomic E-state index is 2.51. The normalized spacial score (nSPS) is 21.0. The summed E-state index contributed by atoms with van der Waals surface area (Å²) in [5, 5.41) is 0. The van der Waals surface area contributed by atoms with Crippen LogP contribution < -0.4 is 0 Å². The average Bonchev–Trinajstić information content (AvgIpc) is 3.29. The Bertz CT molecular complexity index is 1720. The molecular weight excluding hydrogens is 468 g/mol. The van der Waals surface area contributed by atoms with Gasteiger partial charge in [0.15, 0.2) is 0 Å². The Balaban J connectivity index is 1.58. The summed E-state index contributed by atoms with van der Waals surface area (Å²) in [4.78, 5) is 0. The molecule has 2 aliphatic carbocycles. The monoisotopic (exact) mass is 500 g/mol. The van der Waals surface area contributed by atoms with Crippen molar-refractivity contribution in [2.45, 2.75) is 31.1 Å². The summed E-state index contributed by atoms with van der Waals surface area (Å²) in [6.07, 6.45) is 10.0. The highest BCUT2D eigenvalue weighted by molar-refractivity contribution is 5.88. The van der Waals surface area contributed by atoms with Gasteiger partial charge in [0.05, 0.1) is 5.41 Å². The van der Waals surface area contributed by atoms with E-state index in [2.05, 4.69) is 159 Å². The standard InChI is InChI=1S/C39H32/c1-28-16-19-32(20-17-28)39(31-14-8-4-9-15-31)36-26-30(29-12-6-3-7-13-29)18-22-34(36)35-23-21-33(27-37(35)39)38(2)24-10-5-11-25-38/h3-24,26-27H,25H2,1-2H3. The smallest absolute Gasteiger partial charge is 0.0713 e. The Hall–Kier alpha value is -4.42. The Morgan fingerprint density at radius 2 is 1.15 bits per heavy atom. The first-order valence-corrected chi connectivity index (χ1v) is 13.9. The molecule has 0 radical (unpaired) electrons. The lowest BCUT2D eigenvalue weighted by Gasteiger charge is -2.35. The summed E-state index contributed by atoms with van der Waals surface area (Å²) in [5.74, 6) is 0. The lowest BCUT2D eigenvalue weighted by atomic mass is 9.66. The zero-order valence-electron chi connectivity index (χ0n) is 22.6. The number of rotatable bonds is 4. The maximum atomic E-state index is 2.51. The van der Waals surface area contributed by atoms with E-state index in [0.29, 0.717) is 0 Å². The summed E-state index contributed by atoms with van der Waals surface area (Å²) in [6, 6.07) is 45.4. The van der Waals surface area contributed by atoms with E-state index in [1.165, 1.54) is 55.6 Å². The minimum absolute atomic E-state index is 0.0243. The number of hydrogen-bond donors (Lipinski definition) is 0. The molecule has 0 fully saturated rings. The summed E-state index contributed by atoms with van der Waals surface area (Å²) in [6.45, 7) is 4.53. The van der Waals surface area contributed by atoms with Crippen LogP contribution in [-0.2, 0) is 10.8 Å². The molecule has 2 aliphatic rings. The van der Waals surface area contributed by atoms with Crippen LogP contribution in [0.2, 0.25) is 0 Å². The van der Waals surface area contributed by atoms with E-state index in [9.17, 15) is 0 Å². The average molecular weight is 501 g/mol. The summed E-state index contributed by atoms with van der Waals surface area (Å²) < 4.78 is 0. The SMILES string of the molecule is Cc1ccc(C2(c3ccccc3)c3cc(-c4ccccc4)ccc3-c3ccc(C4(C)C=CC=CC4)cc32)cc1. The van der Waals surface area contributed by atoms with Gasteiger partial charge in [0.25, 0.3) is 0 Å². The third-order valence-electron chi connectivity index (χ3n) is 8.85. The molecule has 0 bridgehead atoms. The second-order valence-electron chi connectivity index (χ2n) is 11.3. The highest BCUT2D eigenvalue weighted by atomic mass is 14.5. The molecule has 39 heavy (non-hydrogen) atoms. The molecule has 0 aliphatic heterocycles. The second-order valence-corrected chi connectivity index (χ2v) is 11.3. The van der Waals surface area contributed by atoms with Gasteiger partial charge in [-0.05, 0) is 69.5 Å². The molecule has 0 N–H and O–H groups in total. The van der Waals surface area contributed by atoms with Crippen LogP contribution in [0, 0.1) is 6.92 Å². The van der Waals surface area contributed by atoms with Crippen molar-refractivity contribution in [3.05, 3.63) is 179 Å². The van der Waals surface area contributed by atoms with Crippen LogP contribution in [-0.4, -0.2) is 0 Å². The predicted molar refractivity (Wildman–Crippen MR) is 164 cm³/mol. The van der Waals surface area contributed by atoms with Gasteiger partial charge in [-0.1, -0.05) is 152 Å². The Morgan fingerprint density at radius 3 is 1.85 bits per heavy atom. The molecule has 5 aromatic rings. The molecule has 7 rings (SSSR count). The lowest BCUT2D eigenvalue weighted by Crippen LogP contribution is -2.29. The van der Waals surface area contributed by atoms with E-state index in [1.54, 1.807) is 0 Å². The topological polar surface area (TPSA) is 0 Å². The van der Waals surface area contributed by atoms with Gasteiger partial charge in [0.1, 0.15) is 0 Å². The molecular formula is C39H32. The molecule has 0 heterocycles. The van der Waals surface area contributed by atoms with Gasteiger partial charge in [-0.15, -0.1) is 0 Å². The molecule has 0 nitrogen and oxygen atoms in total. The third-order valence-corrected chi connectivity index (χ3v) is 8.85. The molecule has 5 aromatic carbocycles. The first-order chi connectivity index (χ1) is 19.1. The van der Waals surface area contributed by atoms with Crippen molar-refractivity contribution in [3.8, 4) is 22.3 Å². The molecule has 2 unspecified atom stereocenters. The van der Waals surface area contributed by atoms with Crippen LogP contribution >= 0.6 is 0 Å². The van der Waals surface area contributed by atoms with Crippen LogP contribution in [0.15, 0.2) is 146 Å². The fraction of sp³-hybridized carbons (Fsp3) is 0.128. The van der Waals surface area contributed by atoms with Gasteiger partial charge in [-0.2, -0.15) is 0 Å².